The largest absolute Gasteiger partial charge is 0.383 e. The van der Waals surface area contributed by atoms with Crippen molar-refractivity contribution in [3.63, 3.8) is 0 Å². The van der Waals surface area contributed by atoms with Crippen LogP contribution in [0.3, 0.4) is 0 Å². The Hall–Kier alpha value is -1.81. The van der Waals surface area contributed by atoms with Crippen LogP contribution in [-0.4, -0.2) is 50.2 Å². The lowest BCUT2D eigenvalue weighted by Gasteiger charge is -2.19. The van der Waals surface area contributed by atoms with Crippen LogP contribution in [0.4, 0.5) is 11.5 Å². The number of nitrogens with one attached hydrogen (secondary N) is 1. The Labute approximate surface area is 126 Å². The molecule has 1 aromatic carbocycles. The summed E-state index contributed by atoms with van der Waals surface area (Å²) in [5.74, 6) is 1.14. The first kappa shape index (κ1) is 14.1. The molecule has 1 N–H and O–H groups in total. The van der Waals surface area contributed by atoms with Crippen LogP contribution in [0, 0.1) is 0 Å². The van der Waals surface area contributed by atoms with Gasteiger partial charge in [-0.25, -0.2) is 4.98 Å². The number of likely N-dealkylation sites (N-methyl/N-ethyl adjacent to an activating group) is 1. The molecule has 2 aromatic rings. The first-order valence-electron chi connectivity index (χ1n) is 7.77. The highest BCUT2D eigenvalue weighted by Gasteiger charge is 2.16. The summed E-state index contributed by atoms with van der Waals surface area (Å²) in [6.07, 6.45) is 4.49. The van der Waals surface area contributed by atoms with E-state index < -0.39 is 0 Å². The van der Waals surface area contributed by atoms with E-state index in [2.05, 4.69) is 58.5 Å². The molecule has 0 atom stereocenters. The third-order valence-electron chi connectivity index (χ3n) is 4.07. The third-order valence-corrected chi connectivity index (χ3v) is 4.07. The van der Waals surface area contributed by atoms with Gasteiger partial charge in [-0.3, -0.25) is 0 Å². The van der Waals surface area contributed by atoms with Crippen LogP contribution in [0.2, 0.25) is 0 Å². The molecular weight excluding hydrogens is 260 g/mol. The van der Waals surface area contributed by atoms with E-state index in [0.29, 0.717) is 0 Å². The quantitative estimate of drug-likeness (QED) is 0.915. The molecule has 1 aliphatic heterocycles. The summed E-state index contributed by atoms with van der Waals surface area (Å²) in [6, 6.07) is 8.59. The van der Waals surface area contributed by atoms with Crippen molar-refractivity contribution in [3.05, 3.63) is 30.5 Å². The summed E-state index contributed by atoms with van der Waals surface area (Å²) in [7, 11) is 4.19. The van der Waals surface area contributed by atoms with Crippen molar-refractivity contribution in [2.75, 3.05) is 50.5 Å². The van der Waals surface area contributed by atoms with Gasteiger partial charge in [0.05, 0.1) is 0 Å². The Morgan fingerprint density at radius 2 is 1.95 bits per heavy atom. The van der Waals surface area contributed by atoms with Gasteiger partial charge in [-0.2, -0.15) is 0 Å². The smallest absolute Gasteiger partial charge is 0.136 e. The van der Waals surface area contributed by atoms with E-state index in [4.69, 9.17) is 0 Å². The average Bonchev–Trinajstić information content (AvgIpc) is 3.00. The number of hydrogen-bond acceptors (Lipinski definition) is 4. The van der Waals surface area contributed by atoms with E-state index in [1.54, 1.807) is 0 Å². The second-order valence-corrected chi connectivity index (χ2v) is 5.96. The zero-order chi connectivity index (χ0) is 14.7. The Kier molecular flexibility index (Phi) is 4.25. The summed E-state index contributed by atoms with van der Waals surface area (Å²) in [5, 5.41) is 6.08. The molecule has 0 aliphatic carbocycles. The fourth-order valence-electron chi connectivity index (χ4n) is 2.94. The van der Waals surface area contributed by atoms with Gasteiger partial charge in [-0.05, 0) is 39.1 Å². The molecule has 4 nitrogen and oxygen atoms in total. The van der Waals surface area contributed by atoms with Crippen LogP contribution in [0.5, 0.6) is 0 Å². The molecule has 0 saturated carbocycles. The minimum atomic E-state index is 0.952. The standard InChI is InChI=1S/C17H24N4/c1-20(2)13-10-18-16-7-5-6-15-14(16)8-9-19-17(15)21-11-3-4-12-21/h5-9,18H,3-4,10-13H2,1-2H3. The third kappa shape index (κ3) is 3.10. The predicted molar refractivity (Wildman–Crippen MR) is 90.2 cm³/mol. The van der Waals surface area contributed by atoms with Gasteiger partial charge in [0, 0.05) is 48.8 Å². The van der Waals surface area contributed by atoms with Crippen molar-refractivity contribution in [3.8, 4) is 0 Å². The first-order valence-corrected chi connectivity index (χ1v) is 7.77. The lowest BCUT2D eigenvalue weighted by Crippen LogP contribution is -2.21. The number of benzene rings is 1. The molecule has 4 heteroatoms. The maximum absolute atomic E-state index is 4.63. The summed E-state index contributed by atoms with van der Waals surface area (Å²) < 4.78 is 0. The highest BCUT2D eigenvalue weighted by Crippen LogP contribution is 2.31. The second kappa shape index (κ2) is 6.31. The molecule has 0 bridgehead atoms. The maximum atomic E-state index is 4.63. The van der Waals surface area contributed by atoms with Crippen LogP contribution in [0.25, 0.3) is 10.8 Å². The zero-order valence-electron chi connectivity index (χ0n) is 13.0. The number of rotatable bonds is 5. The number of fused-ring (bicyclic) bond motifs is 1. The summed E-state index contributed by atoms with van der Waals surface area (Å²) >= 11 is 0. The highest BCUT2D eigenvalue weighted by molar-refractivity contribution is 6.00. The number of hydrogen-bond donors (Lipinski definition) is 1. The minimum absolute atomic E-state index is 0.952. The molecule has 2 heterocycles. The SMILES string of the molecule is CN(C)CCNc1cccc2c(N3CCCC3)nccc12. The molecule has 0 radical (unpaired) electrons. The van der Waals surface area contributed by atoms with Gasteiger partial charge in [0.25, 0.3) is 0 Å². The minimum Gasteiger partial charge on any atom is -0.383 e. The molecule has 1 aliphatic rings. The lowest BCUT2D eigenvalue weighted by atomic mass is 10.1. The number of pyridine rings is 1. The van der Waals surface area contributed by atoms with Gasteiger partial charge in [-0.15, -0.1) is 0 Å². The van der Waals surface area contributed by atoms with Crippen molar-refractivity contribution in [2.45, 2.75) is 12.8 Å². The fraction of sp³-hybridized carbons (Fsp3) is 0.471. The fourth-order valence-corrected chi connectivity index (χ4v) is 2.94. The van der Waals surface area contributed by atoms with E-state index >= 15 is 0 Å². The molecule has 21 heavy (non-hydrogen) atoms. The molecule has 0 spiro atoms. The zero-order valence-corrected chi connectivity index (χ0v) is 13.0. The van der Waals surface area contributed by atoms with Crippen molar-refractivity contribution in [1.82, 2.24) is 9.88 Å². The maximum Gasteiger partial charge on any atom is 0.136 e. The molecule has 0 amide bonds. The van der Waals surface area contributed by atoms with Crippen LogP contribution in [0.1, 0.15) is 12.8 Å². The van der Waals surface area contributed by atoms with E-state index in [1.807, 2.05) is 6.20 Å². The summed E-state index contributed by atoms with van der Waals surface area (Å²) in [5.41, 5.74) is 1.21. The number of nitrogens with zero attached hydrogens (tertiary/aromatic N) is 3. The average molecular weight is 284 g/mol. The Morgan fingerprint density at radius 1 is 1.14 bits per heavy atom. The van der Waals surface area contributed by atoms with Gasteiger partial charge in [0.15, 0.2) is 0 Å². The van der Waals surface area contributed by atoms with Crippen LogP contribution < -0.4 is 10.2 Å². The topological polar surface area (TPSA) is 31.4 Å². The second-order valence-electron chi connectivity index (χ2n) is 5.96. The monoisotopic (exact) mass is 284 g/mol. The van der Waals surface area contributed by atoms with Gasteiger partial charge >= 0.3 is 0 Å². The molecular formula is C17H24N4. The molecule has 1 fully saturated rings. The Morgan fingerprint density at radius 3 is 2.71 bits per heavy atom. The predicted octanol–water partition coefficient (Wildman–Crippen LogP) is 2.81. The van der Waals surface area contributed by atoms with Gasteiger partial charge in [-0.1, -0.05) is 12.1 Å². The highest BCUT2D eigenvalue weighted by atomic mass is 15.2. The lowest BCUT2D eigenvalue weighted by molar-refractivity contribution is 0.425. The van der Waals surface area contributed by atoms with Crippen LogP contribution in [-0.2, 0) is 0 Å². The first-order chi connectivity index (χ1) is 10.3. The van der Waals surface area contributed by atoms with E-state index in [-0.39, 0.29) is 0 Å². The molecule has 112 valence electrons. The Balaban J connectivity index is 1.90. The van der Waals surface area contributed by atoms with Gasteiger partial charge < -0.3 is 15.1 Å². The van der Waals surface area contributed by atoms with Crippen LogP contribution in [0.15, 0.2) is 30.5 Å². The van der Waals surface area contributed by atoms with E-state index in [1.165, 1.54) is 29.3 Å². The van der Waals surface area contributed by atoms with Crippen molar-refractivity contribution in [2.24, 2.45) is 0 Å². The van der Waals surface area contributed by atoms with Crippen LogP contribution >= 0.6 is 0 Å². The van der Waals surface area contributed by atoms with Crippen molar-refractivity contribution in [1.29, 1.82) is 0 Å². The summed E-state index contributed by atoms with van der Waals surface area (Å²) in [4.78, 5) is 9.23. The Bertz CT molecular complexity index is 603. The van der Waals surface area contributed by atoms with Crippen molar-refractivity contribution < 1.29 is 0 Å². The normalized spacial score (nSPS) is 15.1. The summed E-state index contributed by atoms with van der Waals surface area (Å²) in [6.45, 7) is 4.24. The van der Waals surface area contributed by atoms with Gasteiger partial charge in [0.2, 0.25) is 0 Å². The molecule has 1 saturated heterocycles. The molecule has 1 aromatic heterocycles. The van der Waals surface area contributed by atoms with Gasteiger partial charge in [0.1, 0.15) is 5.82 Å². The number of anilines is 2. The molecule has 0 unspecified atom stereocenters. The number of aromatic nitrogens is 1. The van der Waals surface area contributed by atoms with E-state index in [9.17, 15) is 0 Å². The molecule has 3 rings (SSSR count). The van der Waals surface area contributed by atoms with Crippen molar-refractivity contribution >= 4 is 22.3 Å². The van der Waals surface area contributed by atoms with E-state index in [0.717, 1.165) is 32.0 Å².